The summed E-state index contributed by atoms with van der Waals surface area (Å²) in [7, 11) is -5.11. The fraction of sp³-hybridized carbons (Fsp3) is 0.872. The van der Waals surface area contributed by atoms with Crippen molar-refractivity contribution < 1.29 is 57.0 Å². The first-order valence-corrected chi connectivity index (χ1v) is 21.7. The Labute approximate surface area is 319 Å². The molecule has 8 atom stereocenters. The zero-order valence-corrected chi connectivity index (χ0v) is 33.3. The van der Waals surface area contributed by atoms with Crippen molar-refractivity contribution in [3.8, 4) is 0 Å². The molecule has 0 spiro atoms. The molecule has 312 valence electrons. The van der Waals surface area contributed by atoms with Crippen LogP contribution in [0, 0.1) is 0 Å². The SMILES string of the molecule is CCCCCCCC/C=C\C/C=C\CC(O)C(=O)NC(COC1OC(CO)C(O)C(OS(=O)(=O)O)C1O)C(O)CCCCCCCCCCCCCC. The second-order valence-corrected chi connectivity index (χ2v) is 15.4. The van der Waals surface area contributed by atoms with Crippen molar-refractivity contribution in [2.24, 2.45) is 0 Å². The zero-order valence-electron chi connectivity index (χ0n) is 32.4. The van der Waals surface area contributed by atoms with E-state index in [1.807, 2.05) is 6.08 Å². The summed E-state index contributed by atoms with van der Waals surface area (Å²) in [5.74, 6) is -0.739. The minimum atomic E-state index is -5.11. The van der Waals surface area contributed by atoms with Crippen molar-refractivity contribution in [2.45, 2.75) is 204 Å². The summed E-state index contributed by atoms with van der Waals surface area (Å²) in [6, 6.07) is -1.06. The average Bonchev–Trinajstić information content (AvgIpc) is 3.12. The van der Waals surface area contributed by atoms with Crippen LogP contribution >= 0.6 is 0 Å². The molecule has 1 amide bonds. The lowest BCUT2D eigenvalue weighted by atomic mass is 9.99. The van der Waals surface area contributed by atoms with Gasteiger partial charge in [0.1, 0.15) is 30.5 Å². The molecule has 8 unspecified atom stereocenters. The molecular weight excluding hydrogens is 706 g/mol. The maximum Gasteiger partial charge on any atom is 0.397 e. The van der Waals surface area contributed by atoms with Gasteiger partial charge in [0.2, 0.25) is 5.91 Å². The Balaban J connectivity index is 2.70. The van der Waals surface area contributed by atoms with Crippen LogP contribution in [0.4, 0.5) is 0 Å². The Bertz CT molecular complexity index is 1070. The number of carbonyl (C=O) groups is 1. The van der Waals surface area contributed by atoms with E-state index in [9.17, 15) is 38.7 Å². The summed E-state index contributed by atoms with van der Waals surface area (Å²) in [5, 5.41) is 54.9. The first-order valence-electron chi connectivity index (χ1n) is 20.3. The van der Waals surface area contributed by atoms with Gasteiger partial charge in [-0.05, 0) is 25.7 Å². The second kappa shape index (κ2) is 30.7. The minimum absolute atomic E-state index is 0.0503. The number of carbonyl (C=O) groups excluding carboxylic acids is 1. The van der Waals surface area contributed by atoms with Crippen LogP contribution in [0.2, 0.25) is 0 Å². The van der Waals surface area contributed by atoms with E-state index in [1.165, 1.54) is 83.5 Å². The Morgan fingerprint density at radius 2 is 1.30 bits per heavy atom. The number of ether oxygens (including phenoxy) is 2. The fourth-order valence-corrected chi connectivity index (χ4v) is 6.84. The molecule has 1 saturated heterocycles. The molecule has 1 fully saturated rings. The van der Waals surface area contributed by atoms with Crippen molar-refractivity contribution in [2.75, 3.05) is 13.2 Å². The number of allylic oxidation sites excluding steroid dienone is 3. The average molecular weight is 780 g/mol. The van der Waals surface area contributed by atoms with Crippen molar-refractivity contribution in [1.29, 1.82) is 0 Å². The first-order chi connectivity index (χ1) is 25.4. The lowest BCUT2D eigenvalue weighted by Crippen LogP contribution is -2.61. The fourth-order valence-electron chi connectivity index (χ4n) is 6.33. The largest absolute Gasteiger partial charge is 0.397 e. The summed E-state index contributed by atoms with van der Waals surface area (Å²) in [6.45, 7) is 3.18. The van der Waals surface area contributed by atoms with E-state index in [-0.39, 0.29) is 6.42 Å². The number of rotatable bonds is 33. The monoisotopic (exact) mass is 779 g/mol. The molecule has 0 aromatic rings. The summed E-state index contributed by atoms with van der Waals surface area (Å²) in [5.41, 5.74) is 0. The van der Waals surface area contributed by atoms with E-state index in [1.54, 1.807) is 6.08 Å². The van der Waals surface area contributed by atoms with Crippen LogP contribution in [-0.4, -0.2) is 107 Å². The Hall–Kier alpha value is -1.46. The number of unbranched alkanes of at least 4 members (excludes halogenated alkanes) is 17. The summed E-state index contributed by atoms with van der Waals surface area (Å²) in [4.78, 5) is 13.0. The van der Waals surface area contributed by atoms with Gasteiger partial charge in [0.25, 0.3) is 0 Å². The molecule has 1 heterocycles. The predicted octanol–water partition coefficient (Wildman–Crippen LogP) is 5.57. The summed E-state index contributed by atoms with van der Waals surface area (Å²) >= 11 is 0. The highest BCUT2D eigenvalue weighted by Crippen LogP contribution is 2.26. The van der Waals surface area contributed by atoms with E-state index >= 15 is 0 Å². The van der Waals surface area contributed by atoms with Gasteiger partial charge in [-0.25, -0.2) is 4.18 Å². The maximum atomic E-state index is 13.0. The van der Waals surface area contributed by atoms with Crippen LogP contribution in [0.3, 0.4) is 0 Å². The van der Waals surface area contributed by atoms with Gasteiger partial charge in [-0.15, -0.1) is 0 Å². The van der Waals surface area contributed by atoms with Crippen molar-refractivity contribution in [1.82, 2.24) is 5.32 Å². The minimum Gasteiger partial charge on any atom is -0.394 e. The zero-order chi connectivity index (χ0) is 39.3. The van der Waals surface area contributed by atoms with Crippen molar-refractivity contribution in [3.63, 3.8) is 0 Å². The standard InChI is InChI=1S/C39H73NO12S/c1-3-5-7-9-11-13-15-17-19-21-23-25-27-32(42)31(30-50-39-36(45)37(52-53(47,48)49)35(44)34(29-41)51-39)40-38(46)33(43)28-26-24-22-20-18-16-14-12-10-8-6-4-2/h18,20,24,26,31-37,39,41-45H,3-17,19,21-23,25,27-30H2,1-2H3,(H,40,46)(H,47,48,49)/b20-18-,26-24-. The molecule has 13 nitrogen and oxygen atoms in total. The van der Waals surface area contributed by atoms with Gasteiger partial charge in [0.15, 0.2) is 6.29 Å². The molecule has 0 aromatic carbocycles. The van der Waals surface area contributed by atoms with Crippen LogP contribution < -0.4 is 5.32 Å². The maximum absolute atomic E-state index is 13.0. The van der Waals surface area contributed by atoms with Gasteiger partial charge >= 0.3 is 10.4 Å². The molecule has 0 aromatic heterocycles. The Morgan fingerprint density at radius 3 is 1.85 bits per heavy atom. The highest BCUT2D eigenvalue weighted by atomic mass is 32.3. The van der Waals surface area contributed by atoms with Gasteiger partial charge < -0.3 is 40.3 Å². The van der Waals surface area contributed by atoms with Crippen LogP contribution in [0.5, 0.6) is 0 Å². The summed E-state index contributed by atoms with van der Waals surface area (Å²) in [6.07, 6.45) is 19.7. The Morgan fingerprint density at radius 1 is 0.774 bits per heavy atom. The highest BCUT2D eigenvalue weighted by Gasteiger charge is 2.48. The topological polar surface area (TPSA) is 212 Å². The number of aliphatic hydroxyl groups is 5. The number of hydrogen-bond donors (Lipinski definition) is 7. The summed E-state index contributed by atoms with van der Waals surface area (Å²) < 4.78 is 47.3. The third kappa shape index (κ3) is 23.9. The second-order valence-electron chi connectivity index (χ2n) is 14.4. The van der Waals surface area contributed by atoms with E-state index in [0.29, 0.717) is 19.3 Å². The van der Waals surface area contributed by atoms with E-state index in [0.717, 1.165) is 32.1 Å². The van der Waals surface area contributed by atoms with Crippen molar-refractivity contribution >= 4 is 16.3 Å². The van der Waals surface area contributed by atoms with Gasteiger partial charge in [0, 0.05) is 6.42 Å². The molecule has 0 aliphatic carbocycles. The van der Waals surface area contributed by atoms with Crippen LogP contribution in [-0.2, 0) is 28.9 Å². The van der Waals surface area contributed by atoms with Crippen LogP contribution in [0.1, 0.15) is 155 Å². The normalized spacial score (nSPS) is 22.8. The van der Waals surface area contributed by atoms with Crippen LogP contribution in [0.15, 0.2) is 24.3 Å². The highest BCUT2D eigenvalue weighted by molar-refractivity contribution is 7.80. The molecule has 1 rings (SSSR count). The van der Waals surface area contributed by atoms with Gasteiger partial charge in [-0.3, -0.25) is 9.35 Å². The number of amides is 1. The molecule has 0 radical (unpaired) electrons. The third-order valence-electron chi connectivity index (χ3n) is 9.63. The Kier molecular flexibility index (Phi) is 28.7. The van der Waals surface area contributed by atoms with E-state index in [2.05, 4.69) is 35.5 Å². The van der Waals surface area contributed by atoms with Gasteiger partial charge in [-0.2, -0.15) is 8.42 Å². The number of nitrogens with one attached hydrogen (secondary N) is 1. The van der Waals surface area contributed by atoms with E-state index in [4.69, 9.17) is 14.0 Å². The molecule has 1 aliphatic heterocycles. The quantitative estimate of drug-likeness (QED) is 0.0248. The molecule has 0 saturated carbocycles. The first kappa shape index (κ1) is 49.6. The third-order valence-corrected chi connectivity index (χ3v) is 10.1. The molecule has 1 aliphatic rings. The smallest absolute Gasteiger partial charge is 0.394 e. The van der Waals surface area contributed by atoms with Crippen LogP contribution in [0.25, 0.3) is 0 Å². The molecular formula is C39H73NO12S. The lowest BCUT2D eigenvalue weighted by Gasteiger charge is -2.41. The van der Waals surface area contributed by atoms with Crippen molar-refractivity contribution in [3.05, 3.63) is 24.3 Å². The molecule has 7 N–H and O–H groups in total. The lowest BCUT2D eigenvalue weighted by molar-refractivity contribution is -0.298. The van der Waals surface area contributed by atoms with Gasteiger partial charge in [-0.1, -0.05) is 147 Å². The molecule has 14 heteroatoms. The van der Waals surface area contributed by atoms with E-state index < -0.39 is 78.5 Å². The predicted molar refractivity (Wildman–Crippen MR) is 205 cm³/mol. The molecule has 0 bridgehead atoms. The molecule has 53 heavy (non-hydrogen) atoms. The van der Waals surface area contributed by atoms with Gasteiger partial charge in [0.05, 0.1) is 25.4 Å². The number of aliphatic hydroxyl groups excluding tert-OH is 5. The number of hydrogen-bond acceptors (Lipinski definition) is 11.